The van der Waals surface area contributed by atoms with Gasteiger partial charge in [0.2, 0.25) is 0 Å². The van der Waals surface area contributed by atoms with Crippen LogP contribution in [0.5, 0.6) is 0 Å². The largest absolute Gasteiger partial charge is 0.0654 e. The van der Waals surface area contributed by atoms with Gasteiger partial charge in [-0.25, -0.2) is 0 Å². The lowest BCUT2D eigenvalue weighted by atomic mass is 9.63. The Morgan fingerprint density at radius 1 is 0.688 bits per heavy atom. The molecule has 1 unspecified atom stereocenters. The molecule has 4 atom stereocenters. The highest BCUT2D eigenvalue weighted by Gasteiger charge is 2.35. The molecule has 0 amide bonds. The highest BCUT2D eigenvalue weighted by molar-refractivity contribution is 5.44. The fourth-order valence-electron chi connectivity index (χ4n) is 6.26. The van der Waals surface area contributed by atoms with Gasteiger partial charge in [0.05, 0.1) is 0 Å². The van der Waals surface area contributed by atoms with Gasteiger partial charge < -0.3 is 0 Å². The van der Waals surface area contributed by atoms with Crippen LogP contribution in [0.2, 0.25) is 0 Å². The van der Waals surface area contributed by atoms with Gasteiger partial charge in [-0.1, -0.05) is 88.5 Å². The molecule has 2 aromatic rings. The molecule has 4 rings (SSSR count). The van der Waals surface area contributed by atoms with Gasteiger partial charge in [0, 0.05) is 11.1 Å². The molecule has 0 heteroatoms. The van der Waals surface area contributed by atoms with Crippen molar-refractivity contribution in [1.82, 2.24) is 0 Å². The third kappa shape index (κ3) is 6.28. The van der Waals surface area contributed by atoms with Crippen molar-refractivity contribution in [2.45, 2.75) is 96.8 Å². The van der Waals surface area contributed by atoms with Crippen LogP contribution in [0, 0.1) is 29.6 Å². The molecule has 0 radical (unpaired) electrons. The summed E-state index contributed by atoms with van der Waals surface area (Å²) in [4.78, 5) is 0. The second-order valence-corrected chi connectivity index (χ2v) is 10.5. The fourth-order valence-corrected chi connectivity index (χ4v) is 6.26. The maximum absolute atomic E-state index is 3.36. The highest BCUT2D eigenvalue weighted by atomic mass is 14.4. The molecule has 0 aliphatic heterocycles. The van der Waals surface area contributed by atoms with Crippen LogP contribution in [0.4, 0.5) is 0 Å². The van der Waals surface area contributed by atoms with E-state index >= 15 is 0 Å². The average molecular weight is 427 g/mol. The molecular formula is C32H42. The molecule has 0 heterocycles. The van der Waals surface area contributed by atoms with Crippen LogP contribution in [0.1, 0.15) is 113 Å². The van der Waals surface area contributed by atoms with Gasteiger partial charge in [-0.3, -0.25) is 0 Å². The maximum Gasteiger partial charge on any atom is 0.0249 e. The number of benzene rings is 2. The summed E-state index contributed by atoms with van der Waals surface area (Å²) in [6.45, 7) is 4.55. The number of aryl methyl sites for hydroxylation is 1. The van der Waals surface area contributed by atoms with Gasteiger partial charge in [0.15, 0.2) is 0 Å². The average Bonchev–Trinajstić information content (AvgIpc) is 2.84. The minimum atomic E-state index is 0.765. The van der Waals surface area contributed by atoms with E-state index in [0.717, 1.165) is 41.2 Å². The summed E-state index contributed by atoms with van der Waals surface area (Å²) in [5.74, 6) is 10.5. The topological polar surface area (TPSA) is 0 Å². The molecule has 2 aliphatic carbocycles. The van der Waals surface area contributed by atoms with E-state index in [9.17, 15) is 0 Å². The van der Waals surface area contributed by atoms with Crippen molar-refractivity contribution in [2.24, 2.45) is 17.8 Å². The molecule has 170 valence electrons. The van der Waals surface area contributed by atoms with Gasteiger partial charge in [-0.05, 0) is 97.6 Å². The molecule has 2 aliphatic rings. The molecule has 0 N–H and O–H groups in total. The lowest BCUT2D eigenvalue weighted by Gasteiger charge is -2.42. The van der Waals surface area contributed by atoms with Crippen LogP contribution in [0.15, 0.2) is 48.5 Å². The third-order valence-electron chi connectivity index (χ3n) is 8.16. The van der Waals surface area contributed by atoms with Gasteiger partial charge in [0.25, 0.3) is 0 Å². The van der Waals surface area contributed by atoms with E-state index in [1.54, 1.807) is 5.56 Å². The highest BCUT2D eigenvalue weighted by Crippen LogP contribution is 2.48. The number of hydrogen-bond acceptors (Lipinski definition) is 0. The predicted molar refractivity (Wildman–Crippen MR) is 138 cm³/mol. The normalized spacial score (nSPS) is 24.9. The second kappa shape index (κ2) is 11.7. The predicted octanol–water partition coefficient (Wildman–Crippen LogP) is 8.92. The third-order valence-corrected chi connectivity index (χ3v) is 8.16. The SMILES string of the molecule is CCCCCC1CC[C@@H]2C[C@H](c3ccc(C#Cc4ccc(CCC)cc4)cc3)CC[C@@H]2C1. The van der Waals surface area contributed by atoms with E-state index in [1.807, 2.05) is 0 Å². The molecule has 32 heavy (non-hydrogen) atoms. The Morgan fingerprint density at radius 2 is 1.34 bits per heavy atom. The number of hydrogen-bond donors (Lipinski definition) is 0. The molecule has 2 saturated carbocycles. The van der Waals surface area contributed by atoms with Gasteiger partial charge >= 0.3 is 0 Å². The fraction of sp³-hybridized carbons (Fsp3) is 0.562. The molecule has 2 fully saturated rings. The van der Waals surface area contributed by atoms with E-state index < -0.39 is 0 Å². The molecule has 0 spiro atoms. The summed E-state index contributed by atoms with van der Waals surface area (Å²) in [5.41, 5.74) is 5.19. The van der Waals surface area contributed by atoms with Crippen molar-refractivity contribution in [3.8, 4) is 11.8 Å². The lowest BCUT2D eigenvalue weighted by molar-refractivity contribution is 0.113. The molecule has 0 saturated heterocycles. The van der Waals surface area contributed by atoms with Gasteiger partial charge in [-0.15, -0.1) is 0 Å². The van der Waals surface area contributed by atoms with Crippen molar-refractivity contribution in [3.63, 3.8) is 0 Å². The van der Waals surface area contributed by atoms with Crippen molar-refractivity contribution in [2.75, 3.05) is 0 Å². The zero-order chi connectivity index (χ0) is 22.2. The summed E-state index contributed by atoms with van der Waals surface area (Å²) in [6, 6.07) is 17.9. The molecule has 0 aromatic heterocycles. The minimum absolute atomic E-state index is 0.765. The van der Waals surface area contributed by atoms with Crippen LogP contribution >= 0.6 is 0 Å². The standard InChI is InChI=1S/C32H42/c1-3-5-6-8-28-17-20-32-24-31(22-21-30(32)23-28)29-18-15-27(16-19-29)14-13-26-11-9-25(7-4-2)10-12-26/h9-12,15-16,18-19,28,30-32H,3-8,17,20-24H2,1-2H3/t28?,30-,31-,32-/m1/s1. The van der Waals surface area contributed by atoms with E-state index in [2.05, 4.69) is 74.2 Å². The van der Waals surface area contributed by atoms with Crippen LogP contribution in [-0.2, 0) is 6.42 Å². The Labute approximate surface area is 197 Å². The van der Waals surface area contributed by atoms with Crippen molar-refractivity contribution in [3.05, 3.63) is 70.8 Å². The first kappa shape index (κ1) is 23.2. The summed E-state index contributed by atoms with van der Waals surface area (Å²) in [6.07, 6.45) is 16.8. The number of unbranched alkanes of at least 4 members (excludes halogenated alkanes) is 2. The molecular weight excluding hydrogens is 384 g/mol. The minimum Gasteiger partial charge on any atom is -0.0654 e. The Hall–Kier alpha value is -2.00. The summed E-state index contributed by atoms with van der Waals surface area (Å²) >= 11 is 0. The first-order valence-corrected chi connectivity index (χ1v) is 13.5. The monoisotopic (exact) mass is 426 g/mol. The molecule has 0 nitrogen and oxygen atoms in total. The second-order valence-electron chi connectivity index (χ2n) is 10.5. The van der Waals surface area contributed by atoms with Crippen molar-refractivity contribution in [1.29, 1.82) is 0 Å². The van der Waals surface area contributed by atoms with Gasteiger partial charge in [0.1, 0.15) is 0 Å². The number of fused-ring (bicyclic) bond motifs is 1. The van der Waals surface area contributed by atoms with Crippen LogP contribution in [-0.4, -0.2) is 0 Å². The first-order valence-electron chi connectivity index (χ1n) is 13.5. The zero-order valence-corrected chi connectivity index (χ0v) is 20.4. The Morgan fingerprint density at radius 3 is 2.03 bits per heavy atom. The van der Waals surface area contributed by atoms with Crippen LogP contribution in [0.3, 0.4) is 0 Å². The summed E-state index contributed by atoms with van der Waals surface area (Å²) in [7, 11) is 0. The van der Waals surface area contributed by atoms with Crippen LogP contribution < -0.4 is 0 Å². The smallest absolute Gasteiger partial charge is 0.0249 e. The van der Waals surface area contributed by atoms with E-state index in [1.165, 1.54) is 76.2 Å². The van der Waals surface area contributed by atoms with Crippen LogP contribution in [0.25, 0.3) is 0 Å². The van der Waals surface area contributed by atoms with Gasteiger partial charge in [-0.2, -0.15) is 0 Å². The van der Waals surface area contributed by atoms with E-state index in [4.69, 9.17) is 0 Å². The quantitative estimate of drug-likeness (QED) is 0.306. The maximum atomic E-state index is 3.36. The first-order chi connectivity index (χ1) is 15.7. The Kier molecular flexibility index (Phi) is 8.50. The van der Waals surface area contributed by atoms with E-state index in [0.29, 0.717) is 0 Å². The summed E-state index contributed by atoms with van der Waals surface area (Å²) < 4.78 is 0. The number of rotatable bonds is 7. The van der Waals surface area contributed by atoms with Crippen molar-refractivity contribution < 1.29 is 0 Å². The Bertz CT molecular complexity index is 876. The van der Waals surface area contributed by atoms with E-state index in [-0.39, 0.29) is 0 Å². The Balaban J connectivity index is 1.30. The van der Waals surface area contributed by atoms with Crippen molar-refractivity contribution >= 4 is 0 Å². The summed E-state index contributed by atoms with van der Waals surface area (Å²) in [5, 5.41) is 0. The molecule has 2 aromatic carbocycles. The lowest BCUT2D eigenvalue weighted by Crippen LogP contribution is -2.30. The zero-order valence-electron chi connectivity index (χ0n) is 20.4. The molecule has 0 bridgehead atoms.